The molecule has 0 bridgehead atoms. The lowest BCUT2D eigenvalue weighted by Gasteiger charge is -2.13. The van der Waals surface area contributed by atoms with Crippen molar-refractivity contribution in [2.24, 2.45) is 0 Å². The molecule has 0 saturated heterocycles. The van der Waals surface area contributed by atoms with Crippen molar-refractivity contribution in [1.29, 1.82) is 0 Å². The van der Waals surface area contributed by atoms with E-state index in [4.69, 9.17) is 0 Å². The predicted molar refractivity (Wildman–Crippen MR) is 73.8 cm³/mol. The minimum Gasteiger partial charge on any atom is -0.318 e. The minimum atomic E-state index is 0.461. The van der Waals surface area contributed by atoms with Crippen LogP contribution in [-0.4, -0.2) is 29.4 Å². The maximum atomic E-state index is 4.24. The molecule has 96 valence electrons. The van der Waals surface area contributed by atoms with Gasteiger partial charge in [-0.2, -0.15) is 5.10 Å². The summed E-state index contributed by atoms with van der Waals surface area (Å²) in [6.07, 6.45) is 3.75. The molecule has 18 heavy (non-hydrogen) atoms. The zero-order chi connectivity index (χ0) is 12.8. The molecule has 0 fully saturated rings. The van der Waals surface area contributed by atoms with Crippen LogP contribution in [0.4, 0.5) is 0 Å². The van der Waals surface area contributed by atoms with Gasteiger partial charge in [0.2, 0.25) is 0 Å². The molecule has 0 radical (unpaired) electrons. The van der Waals surface area contributed by atoms with Gasteiger partial charge in [0.05, 0.1) is 5.69 Å². The number of nitrogens with one attached hydrogen (secondary N) is 2. The van der Waals surface area contributed by atoms with Crippen molar-refractivity contribution in [2.45, 2.75) is 19.5 Å². The summed E-state index contributed by atoms with van der Waals surface area (Å²) in [5.74, 6) is 0. The highest BCUT2D eigenvalue weighted by Gasteiger charge is 2.01. The van der Waals surface area contributed by atoms with Crippen LogP contribution in [0.25, 0.3) is 5.69 Å². The first-order chi connectivity index (χ1) is 8.79. The summed E-state index contributed by atoms with van der Waals surface area (Å²) in [4.78, 5) is 0. The molecule has 4 heteroatoms. The zero-order valence-electron chi connectivity index (χ0n) is 10.9. The Kier molecular flexibility index (Phi) is 4.50. The third-order valence-electron chi connectivity index (χ3n) is 2.84. The van der Waals surface area contributed by atoms with Gasteiger partial charge in [0.15, 0.2) is 0 Å². The fraction of sp³-hybridized carbons (Fsp3) is 0.357. The molecule has 0 aliphatic carbocycles. The third kappa shape index (κ3) is 3.42. The van der Waals surface area contributed by atoms with Crippen LogP contribution < -0.4 is 10.6 Å². The van der Waals surface area contributed by atoms with E-state index in [9.17, 15) is 0 Å². The summed E-state index contributed by atoms with van der Waals surface area (Å²) < 4.78 is 1.88. The van der Waals surface area contributed by atoms with Crippen molar-refractivity contribution in [3.05, 3.63) is 48.3 Å². The van der Waals surface area contributed by atoms with Gasteiger partial charge in [-0.25, -0.2) is 4.68 Å². The van der Waals surface area contributed by atoms with Crippen molar-refractivity contribution in [1.82, 2.24) is 20.4 Å². The molecule has 0 amide bonds. The van der Waals surface area contributed by atoms with Crippen molar-refractivity contribution < 1.29 is 0 Å². The summed E-state index contributed by atoms with van der Waals surface area (Å²) >= 11 is 0. The molecular weight excluding hydrogens is 224 g/mol. The number of aromatic nitrogens is 2. The van der Waals surface area contributed by atoms with Crippen LogP contribution in [0.3, 0.4) is 0 Å². The fourth-order valence-corrected chi connectivity index (χ4v) is 1.90. The van der Waals surface area contributed by atoms with Crippen molar-refractivity contribution >= 4 is 0 Å². The Bertz CT molecular complexity index is 464. The van der Waals surface area contributed by atoms with Crippen LogP contribution in [0.2, 0.25) is 0 Å². The lowest BCUT2D eigenvalue weighted by molar-refractivity contribution is 0.523. The Balaban J connectivity index is 2.00. The third-order valence-corrected chi connectivity index (χ3v) is 2.84. The first-order valence-electron chi connectivity index (χ1n) is 6.26. The van der Waals surface area contributed by atoms with Gasteiger partial charge in [-0.1, -0.05) is 12.1 Å². The molecule has 1 atom stereocenters. The Morgan fingerprint density at radius 1 is 1.33 bits per heavy atom. The van der Waals surface area contributed by atoms with Crippen molar-refractivity contribution in [3.8, 4) is 5.69 Å². The second kappa shape index (κ2) is 6.33. The Labute approximate surface area is 108 Å². The van der Waals surface area contributed by atoms with Gasteiger partial charge in [-0.05, 0) is 37.7 Å². The Morgan fingerprint density at radius 2 is 2.22 bits per heavy atom. The van der Waals surface area contributed by atoms with Gasteiger partial charge in [-0.3, -0.25) is 0 Å². The van der Waals surface area contributed by atoms with E-state index in [1.54, 1.807) is 6.20 Å². The van der Waals surface area contributed by atoms with E-state index in [-0.39, 0.29) is 0 Å². The van der Waals surface area contributed by atoms with E-state index in [0.29, 0.717) is 6.04 Å². The molecule has 2 aromatic rings. The van der Waals surface area contributed by atoms with E-state index >= 15 is 0 Å². The second-order valence-corrected chi connectivity index (χ2v) is 4.46. The lowest BCUT2D eigenvalue weighted by atomic mass is 10.2. The maximum absolute atomic E-state index is 4.24. The number of hydrogen-bond acceptors (Lipinski definition) is 3. The highest BCUT2D eigenvalue weighted by molar-refractivity contribution is 5.34. The van der Waals surface area contributed by atoms with Crippen LogP contribution >= 0.6 is 0 Å². The SMILES string of the molecule is CNCC(C)NCc1cccc(-n2cccn2)c1. The highest BCUT2D eigenvalue weighted by Crippen LogP contribution is 2.09. The summed E-state index contributed by atoms with van der Waals surface area (Å²) in [5.41, 5.74) is 2.37. The standard InChI is InChI=1S/C14H20N4/c1-12(10-15-2)16-11-13-5-3-6-14(9-13)18-8-4-7-17-18/h3-9,12,15-16H,10-11H2,1-2H3. The van der Waals surface area contributed by atoms with E-state index in [1.165, 1.54) is 5.56 Å². The van der Waals surface area contributed by atoms with Crippen LogP contribution in [0.1, 0.15) is 12.5 Å². The van der Waals surface area contributed by atoms with E-state index in [0.717, 1.165) is 18.8 Å². The number of hydrogen-bond donors (Lipinski definition) is 2. The van der Waals surface area contributed by atoms with E-state index in [2.05, 4.69) is 46.9 Å². The zero-order valence-corrected chi connectivity index (χ0v) is 10.9. The molecule has 2 N–H and O–H groups in total. The summed E-state index contributed by atoms with van der Waals surface area (Å²) in [6.45, 7) is 4.02. The fourth-order valence-electron chi connectivity index (χ4n) is 1.90. The Hall–Kier alpha value is -1.65. The van der Waals surface area contributed by atoms with Crippen LogP contribution in [0.15, 0.2) is 42.7 Å². The molecule has 0 aliphatic heterocycles. The molecule has 1 aromatic heterocycles. The average Bonchev–Trinajstić information content (AvgIpc) is 2.91. The topological polar surface area (TPSA) is 41.9 Å². The van der Waals surface area contributed by atoms with Crippen LogP contribution in [0.5, 0.6) is 0 Å². The number of benzene rings is 1. The van der Waals surface area contributed by atoms with E-state index in [1.807, 2.05) is 24.0 Å². The predicted octanol–water partition coefficient (Wildman–Crippen LogP) is 1.57. The van der Waals surface area contributed by atoms with Gasteiger partial charge in [0, 0.05) is 31.5 Å². The van der Waals surface area contributed by atoms with Gasteiger partial charge in [0.1, 0.15) is 0 Å². The minimum absolute atomic E-state index is 0.461. The number of nitrogens with zero attached hydrogens (tertiary/aromatic N) is 2. The second-order valence-electron chi connectivity index (χ2n) is 4.46. The lowest BCUT2D eigenvalue weighted by Crippen LogP contribution is -2.34. The molecular formula is C14H20N4. The van der Waals surface area contributed by atoms with Gasteiger partial charge in [-0.15, -0.1) is 0 Å². The smallest absolute Gasteiger partial charge is 0.0648 e. The maximum Gasteiger partial charge on any atom is 0.0648 e. The summed E-state index contributed by atoms with van der Waals surface area (Å²) in [7, 11) is 1.97. The Morgan fingerprint density at radius 3 is 2.94 bits per heavy atom. The van der Waals surface area contributed by atoms with Crippen LogP contribution in [-0.2, 0) is 6.54 Å². The molecule has 1 aromatic carbocycles. The average molecular weight is 244 g/mol. The van der Waals surface area contributed by atoms with Crippen molar-refractivity contribution in [3.63, 3.8) is 0 Å². The van der Waals surface area contributed by atoms with Crippen molar-refractivity contribution in [2.75, 3.05) is 13.6 Å². The summed E-state index contributed by atoms with van der Waals surface area (Å²) in [6, 6.07) is 10.8. The first kappa shape index (κ1) is 12.8. The van der Waals surface area contributed by atoms with Gasteiger partial charge < -0.3 is 10.6 Å². The van der Waals surface area contributed by atoms with E-state index < -0.39 is 0 Å². The molecule has 2 rings (SSSR count). The molecule has 1 heterocycles. The molecule has 4 nitrogen and oxygen atoms in total. The number of rotatable bonds is 6. The summed E-state index contributed by atoms with van der Waals surface area (Å²) in [5, 5.41) is 10.9. The largest absolute Gasteiger partial charge is 0.318 e. The highest BCUT2D eigenvalue weighted by atomic mass is 15.3. The molecule has 1 unspecified atom stereocenters. The normalized spacial score (nSPS) is 12.6. The van der Waals surface area contributed by atoms with Crippen LogP contribution in [0, 0.1) is 0 Å². The number of likely N-dealkylation sites (N-methyl/N-ethyl adjacent to an activating group) is 1. The quantitative estimate of drug-likeness (QED) is 0.810. The van der Waals surface area contributed by atoms with Gasteiger partial charge in [0.25, 0.3) is 0 Å². The molecule has 0 spiro atoms. The monoisotopic (exact) mass is 244 g/mol. The first-order valence-corrected chi connectivity index (χ1v) is 6.26. The van der Waals surface area contributed by atoms with Gasteiger partial charge >= 0.3 is 0 Å². The molecule has 0 saturated carbocycles. The molecule has 0 aliphatic rings.